The van der Waals surface area contributed by atoms with Crippen LogP contribution >= 0.6 is 11.6 Å². The van der Waals surface area contributed by atoms with Crippen LogP contribution in [0.4, 0.5) is 5.82 Å². The molecule has 0 radical (unpaired) electrons. The summed E-state index contributed by atoms with van der Waals surface area (Å²) in [5, 5.41) is 4.05. The quantitative estimate of drug-likeness (QED) is 0.764. The van der Waals surface area contributed by atoms with Crippen molar-refractivity contribution in [2.24, 2.45) is 0 Å². The minimum Gasteiger partial charge on any atom is -0.354 e. The van der Waals surface area contributed by atoms with Crippen LogP contribution < -0.4 is 10.2 Å². The summed E-state index contributed by atoms with van der Waals surface area (Å²) >= 11 is 6.01. The fourth-order valence-corrected chi connectivity index (χ4v) is 2.90. The van der Waals surface area contributed by atoms with E-state index < -0.39 is 0 Å². The van der Waals surface area contributed by atoms with Gasteiger partial charge in [0.1, 0.15) is 11.6 Å². The molecule has 6 heteroatoms. The van der Waals surface area contributed by atoms with Gasteiger partial charge in [-0.3, -0.25) is 0 Å². The van der Waals surface area contributed by atoms with Crippen molar-refractivity contribution in [1.29, 1.82) is 0 Å². The molecule has 1 aromatic carbocycles. The zero-order chi connectivity index (χ0) is 14.9. The first-order valence-electron chi connectivity index (χ1n) is 7.37. The van der Waals surface area contributed by atoms with Crippen molar-refractivity contribution < 1.29 is 0 Å². The van der Waals surface area contributed by atoms with Crippen molar-refractivity contribution >= 4 is 28.5 Å². The van der Waals surface area contributed by atoms with E-state index in [-0.39, 0.29) is 0 Å². The molecule has 1 fully saturated rings. The Labute approximate surface area is 133 Å². The van der Waals surface area contributed by atoms with Crippen LogP contribution in [0.5, 0.6) is 0 Å². The van der Waals surface area contributed by atoms with Gasteiger partial charge in [0, 0.05) is 43.0 Å². The van der Waals surface area contributed by atoms with E-state index in [0.29, 0.717) is 5.02 Å². The molecule has 2 aromatic heterocycles. The van der Waals surface area contributed by atoms with E-state index >= 15 is 0 Å². The second-order valence-electron chi connectivity index (χ2n) is 5.39. The summed E-state index contributed by atoms with van der Waals surface area (Å²) in [4.78, 5) is 14.7. The maximum absolute atomic E-state index is 6.01. The van der Waals surface area contributed by atoms with Gasteiger partial charge in [0.15, 0.2) is 0 Å². The average molecular weight is 314 g/mol. The maximum atomic E-state index is 6.01. The summed E-state index contributed by atoms with van der Waals surface area (Å²) in [5.74, 6) is 1.83. The van der Waals surface area contributed by atoms with E-state index in [1.807, 2.05) is 24.4 Å². The van der Waals surface area contributed by atoms with Gasteiger partial charge < -0.3 is 15.2 Å². The molecule has 2 N–H and O–H groups in total. The maximum Gasteiger partial charge on any atom is 0.140 e. The van der Waals surface area contributed by atoms with Crippen LogP contribution in [0.1, 0.15) is 0 Å². The third-order valence-corrected chi connectivity index (χ3v) is 4.14. The normalized spacial score (nSPS) is 15.4. The summed E-state index contributed by atoms with van der Waals surface area (Å²) in [7, 11) is 0. The molecule has 4 rings (SSSR count). The lowest BCUT2D eigenvalue weighted by Crippen LogP contribution is -2.43. The van der Waals surface area contributed by atoms with Crippen molar-refractivity contribution in [1.82, 2.24) is 20.3 Å². The van der Waals surface area contributed by atoms with Crippen LogP contribution in [0.15, 0.2) is 36.5 Å². The molecule has 112 valence electrons. The Morgan fingerprint density at radius 2 is 1.95 bits per heavy atom. The molecule has 0 spiro atoms. The largest absolute Gasteiger partial charge is 0.354 e. The van der Waals surface area contributed by atoms with E-state index in [0.717, 1.165) is 54.4 Å². The van der Waals surface area contributed by atoms with Crippen LogP contribution in [0.3, 0.4) is 0 Å². The molecule has 1 saturated heterocycles. The molecule has 3 aromatic rings. The van der Waals surface area contributed by atoms with Gasteiger partial charge in [0.05, 0.1) is 11.0 Å². The Morgan fingerprint density at radius 1 is 1.09 bits per heavy atom. The standard InChI is InChI=1S/C16H16ClN5/c17-12-2-3-13-14(9-12)21-16(20-13)11-1-4-15(19-10-11)22-7-5-18-6-8-22/h1-4,9-10,18H,5-8H2,(H,20,21). The Balaban J connectivity index is 1.63. The van der Waals surface area contributed by atoms with Crippen molar-refractivity contribution in [3.63, 3.8) is 0 Å². The summed E-state index contributed by atoms with van der Waals surface area (Å²) in [6.45, 7) is 4.01. The lowest BCUT2D eigenvalue weighted by atomic mass is 10.2. The highest BCUT2D eigenvalue weighted by Gasteiger charge is 2.12. The number of fused-ring (bicyclic) bond motifs is 1. The Hall–Kier alpha value is -2.11. The van der Waals surface area contributed by atoms with E-state index in [1.54, 1.807) is 0 Å². The molecule has 0 bridgehead atoms. The molecular formula is C16H16ClN5. The first kappa shape index (κ1) is 13.5. The highest BCUT2D eigenvalue weighted by molar-refractivity contribution is 6.31. The Kier molecular flexibility index (Phi) is 3.44. The van der Waals surface area contributed by atoms with Crippen LogP contribution in [0.2, 0.25) is 5.02 Å². The molecule has 0 amide bonds. The fourth-order valence-electron chi connectivity index (χ4n) is 2.73. The fraction of sp³-hybridized carbons (Fsp3) is 0.250. The van der Waals surface area contributed by atoms with Gasteiger partial charge in [-0.1, -0.05) is 11.6 Å². The number of aromatic amines is 1. The van der Waals surface area contributed by atoms with Crippen molar-refractivity contribution in [3.05, 3.63) is 41.6 Å². The van der Waals surface area contributed by atoms with E-state index in [1.165, 1.54) is 0 Å². The van der Waals surface area contributed by atoms with Crippen LogP contribution in [0, 0.1) is 0 Å². The zero-order valence-electron chi connectivity index (χ0n) is 12.0. The Bertz CT molecular complexity index is 790. The minimum atomic E-state index is 0.704. The lowest BCUT2D eigenvalue weighted by molar-refractivity contribution is 0.585. The number of pyridine rings is 1. The number of aromatic nitrogens is 3. The number of piperazine rings is 1. The third-order valence-electron chi connectivity index (χ3n) is 3.91. The summed E-state index contributed by atoms with van der Waals surface area (Å²) < 4.78 is 0. The number of hydrogen-bond acceptors (Lipinski definition) is 4. The van der Waals surface area contributed by atoms with Crippen LogP contribution in [-0.2, 0) is 0 Å². The number of H-pyrrole nitrogens is 1. The molecule has 5 nitrogen and oxygen atoms in total. The number of anilines is 1. The molecule has 0 saturated carbocycles. The average Bonchev–Trinajstić information content (AvgIpc) is 2.99. The highest BCUT2D eigenvalue weighted by atomic mass is 35.5. The van der Waals surface area contributed by atoms with Gasteiger partial charge >= 0.3 is 0 Å². The van der Waals surface area contributed by atoms with E-state index in [9.17, 15) is 0 Å². The monoisotopic (exact) mass is 313 g/mol. The number of imidazole rings is 1. The second kappa shape index (κ2) is 5.59. The van der Waals surface area contributed by atoms with E-state index in [4.69, 9.17) is 11.6 Å². The van der Waals surface area contributed by atoms with Crippen molar-refractivity contribution in [3.8, 4) is 11.4 Å². The molecule has 3 heterocycles. The van der Waals surface area contributed by atoms with Crippen LogP contribution in [-0.4, -0.2) is 41.1 Å². The smallest absolute Gasteiger partial charge is 0.140 e. The predicted octanol–water partition coefficient (Wildman–Crippen LogP) is 2.69. The van der Waals surface area contributed by atoms with Crippen molar-refractivity contribution in [2.45, 2.75) is 0 Å². The Morgan fingerprint density at radius 3 is 2.73 bits per heavy atom. The SMILES string of the molecule is Clc1ccc2nc(-c3ccc(N4CCNCC4)nc3)[nH]c2c1. The molecule has 0 aliphatic carbocycles. The van der Waals surface area contributed by atoms with Gasteiger partial charge in [-0.25, -0.2) is 9.97 Å². The first-order valence-corrected chi connectivity index (χ1v) is 7.75. The topological polar surface area (TPSA) is 56.8 Å². The zero-order valence-corrected chi connectivity index (χ0v) is 12.8. The molecule has 22 heavy (non-hydrogen) atoms. The van der Waals surface area contributed by atoms with Gasteiger partial charge in [-0.15, -0.1) is 0 Å². The number of hydrogen-bond donors (Lipinski definition) is 2. The number of rotatable bonds is 2. The predicted molar refractivity (Wildman–Crippen MR) is 89.4 cm³/mol. The summed E-state index contributed by atoms with van der Waals surface area (Å²) in [6.07, 6.45) is 1.87. The second-order valence-corrected chi connectivity index (χ2v) is 5.83. The third kappa shape index (κ3) is 2.53. The molecular weight excluding hydrogens is 298 g/mol. The number of nitrogens with zero attached hydrogens (tertiary/aromatic N) is 3. The van der Waals surface area contributed by atoms with E-state index in [2.05, 4.69) is 37.3 Å². The van der Waals surface area contributed by atoms with Gasteiger partial charge in [-0.2, -0.15) is 0 Å². The van der Waals surface area contributed by atoms with Crippen LogP contribution in [0.25, 0.3) is 22.4 Å². The number of benzene rings is 1. The molecule has 0 unspecified atom stereocenters. The number of nitrogens with one attached hydrogen (secondary N) is 2. The number of halogens is 1. The van der Waals surface area contributed by atoms with Gasteiger partial charge in [0.2, 0.25) is 0 Å². The van der Waals surface area contributed by atoms with Crippen molar-refractivity contribution in [2.75, 3.05) is 31.1 Å². The molecule has 1 aliphatic heterocycles. The summed E-state index contributed by atoms with van der Waals surface area (Å²) in [5.41, 5.74) is 2.82. The van der Waals surface area contributed by atoms with Gasteiger partial charge in [-0.05, 0) is 30.3 Å². The molecule has 0 atom stereocenters. The summed E-state index contributed by atoms with van der Waals surface area (Å²) in [6, 6.07) is 9.76. The van der Waals surface area contributed by atoms with Gasteiger partial charge in [0.25, 0.3) is 0 Å². The first-order chi connectivity index (χ1) is 10.8. The highest BCUT2D eigenvalue weighted by Crippen LogP contribution is 2.23. The minimum absolute atomic E-state index is 0.704. The lowest BCUT2D eigenvalue weighted by Gasteiger charge is -2.28. The molecule has 1 aliphatic rings.